The van der Waals surface area contributed by atoms with Gasteiger partial charge in [-0.1, -0.05) is 29.3 Å². The lowest BCUT2D eigenvalue weighted by atomic mass is 10.0. The molecule has 0 fully saturated rings. The van der Waals surface area contributed by atoms with Crippen LogP contribution in [0.25, 0.3) is 0 Å². The molecule has 0 bridgehead atoms. The van der Waals surface area contributed by atoms with E-state index < -0.39 is 0 Å². The second kappa shape index (κ2) is 5.21. The predicted molar refractivity (Wildman–Crippen MR) is 78.5 cm³/mol. The summed E-state index contributed by atoms with van der Waals surface area (Å²) in [5.74, 6) is 1.36. The van der Waals surface area contributed by atoms with E-state index in [1.807, 2.05) is 0 Å². The molecule has 1 aromatic heterocycles. The van der Waals surface area contributed by atoms with Gasteiger partial charge in [-0.2, -0.15) is 0 Å². The molecule has 4 nitrogen and oxygen atoms in total. The fourth-order valence-corrected chi connectivity index (χ4v) is 2.74. The topological polar surface area (TPSA) is 61.0 Å². The van der Waals surface area contributed by atoms with Crippen molar-refractivity contribution in [2.24, 2.45) is 0 Å². The lowest BCUT2D eigenvalue weighted by Crippen LogP contribution is -2.17. The molecule has 4 heteroatoms. The van der Waals surface area contributed by atoms with Crippen LogP contribution in [0.4, 0.5) is 5.82 Å². The number of nitrogens with two attached hydrogens (primary N) is 1. The number of nitrogens with zero attached hydrogens (tertiary/aromatic N) is 2. The maximum Gasteiger partial charge on any atom is 0.135 e. The molecule has 0 amide bonds. The van der Waals surface area contributed by atoms with E-state index in [1.54, 1.807) is 0 Å². The molecule has 104 valence electrons. The van der Waals surface area contributed by atoms with Crippen LogP contribution in [0.5, 0.6) is 0 Å². The Labute approximate surface area is 119 Å². The van der Waals surface area contributed by atoms with Gasteiger partial charge in [-0.05, 0) is 19.4 Å². The van der Waals surface area contributed by atoms with Gasteiger partial charge in [0.15, 0.2) is 0 Å². The highest BCUT2D eigenvalue weighted by Gasteiger charge is 2.16. The average molecular weight is 269 g/mol. The van der Waals surface area contributed by atoms with Crippen molar-refractivity contribution in [3.8, 4) is 0 Å². The van der Waals surface area contributed by atoms with Crippen LogP contribution in [-0.2, 0) is 24.2 Å². The van der Waals surface area contributed by atoms with Crippen molar-refractivity contribution < 1.29 is 4.74 Å². The van der Waals surface area contributed by atoms with Gasteiger partial charge in [-0.15, -0.1) is 0 Å². The van der Waals surface area contributed by atoms with Gasteiger partial charge in [0.1, 0.15) is 11.6 Å². The molecule has 0 spiro atoms. The first-order chi connectivity index (χ1) is 9.61. The first-order valence-electron chi connectivity index (χ1n) is 6.91. The lowest BCUT2D eigenvalue weighted by molar-refractivity contribution is 0.109. The van der Waals surface area contributed by atoms with Crippen LogP contribution in [0.3, 0.4) is 0 Å². The molecule has 0 atom stereocenters. The Kier molecular flexibility index (Phi) is 3.40. The summed E-state index contributed by atoms with van der Waals surface area (Å²) in [5.41, 5.74) is 11.8. The van der Waals surface area contributed by atoms with E-state index in [0.29, 0.717) is 19.0 Å². The highest BCUT2D eigenvalue weighted by Crippen LogP contribution is 2.21. The number of aromatic nitrogens is 2. The molecule has 1 aromatic carbocycles. The monoisotopic (exact) mass is 269 g/mol. The molecule has 1 aliphatic rings. The van der Waals surface area contributed by atoms with Gasteiger partial charge < -0.3 is 10.5 Å². The minimum absolute atomic E-state index is 0.533. The van der Waals surface area contributed by atoms with Crippen molar-refractivity contribution in [1.29, 1.82) is 0 Å². The summed E-state index contributed by atoms with van der Waals surface area (Å²) in [6, 6.07) is 6.52. The number of hydrogen-bond acceptors (Lipinski definition) is 4. The number of aryl methyl sites for hydroxylation is 2. The van der Waals surface area contributed by atoms with Crippen LogP contribution in [0.15, 0.2) is 18.2 Å². The number of benzene rings is 1. The van der Waals surface area contributed by atoms with Gasteiger partial charge in [-0.3, -0.25) is 0 Å². The zero-order valence-electron chi connectivity index (χ0n) is 11.9. The van der Waals surface area contributed by atoms with E-state index in [-0.39, 0.29) is 0 Å². The quantitative estimate of drug-likeness (QED) is 0.909. The summed E-state index contributed by atoms with van der Waals surface area (Å²) in [4.78, 5) is 9.09. The van der Waals surface area contributed by atoms with Crippen molar-refractivity contribution in [2.75, 3.05) is 12.3 Å². The van der Waals surface area contributed by atoms with Crippen LogP contribution in [0.1, 0.15) is 33.8 Å². The summed E-state index contributed by atoms with van der Waals surface area (Å²) < 4.78 is 5.41. The summed E-state index contributed by atoms with van der Waals surface area (Å²) >= 11 is 0. The Balaban J connectivity index is 1.92. The van der Waals surface area contributed by atoms with Crippen molar-refractivity contribution in [1.82, 2.24) is 9.97 Å². The van der Waals surface area contributed by atoms with E-state index in [0.717, 1.165) is 29.9 Å². The maximum atomic E-state index is 6.02. The molecular formula is C16H19N3O. The number of ether oxygens (including phenoxy) is 1. The number of anilines is 1. The van der Waals surface area contributed by atoms with Gasteiger partial charge in [0.2, 0.25) is 0 Å². The minimum Gasteiger partial charge on any atom is -0.383 e. The van der Waals surface area contributed by atoms with E-state index in [2.05, 4.69) is 42.0 Å². The molecule has 0 radical (unpaired) electrons. The summed E-state index contributed by atoms with van der Waals surface area (Å²) in [5, 5.41) is 0. The fraction of sp³-hybridized carbons (Fsp3) is 0.375. The van der Waals surface area contributed by atoms with Gasteiger partial charge >= 0.3 is 0 Å². The van der Waals surface area contributed by atoms with E-state index >= 15 is 0 Å². The summed E-state index contributed by atoms with van der Waals surface area (Å²) in [7, 11) is 0. The zero-order chi connectivity index (χ0) is 14.1. The van der Waals surface area contributed by atoms with Crippen molar-refractivity contribution in [3.63, 3.8) is 0 Å². The molecule has 20 heavy (non-hydrogen) atoms. The van der Waals surface area contributed by atoms with Crippen LogP contribution in [0.2, 0.25) is 0 Å². The van der Waals surface area contributed by atoms with E-state index in [9.17, 15) is 0 Å². The SMILES string of the molecule is Cc1cc(C)cc(Cc2nc(N)c3c(n2)CCOC3)c1. The number of nitrogen functional groups attached to an aromatic ring is 1. The van der Waals surface area contributed by atoms with E-state index in [4.69, 9.17) is 10.5 Å². The first kappa shape index (κ1) is 13.1. The average Bonchev–Trinajstić information content (AvgIpc) is 2.37. The molecule has 2 heterocycles. The third-order valence-corrected chi connectivity index (χ3v) is 3.54. The van der Waals surface area contributed by atoms with Gasteiger partial charge in [0, 0.05) is 18.4 Å². The molecule has 0 saturated heterocycles. The number of hydrogen-bond donors (Lipinski definition) is 1. The van der Waals surface area contributed by atoms with Crippen molar-refractivity contribution in [2.45, 2.75) is 33.3 Å². The normalized spacial score (nSPS) is 14.1. The highest BCUT2D eigenvalue weighted by molar-refractivity contribution is 5.43. The third kappa shape index (κ3) is 2.65. The standard InChI is InChI=1S/C16H19N3O/c1-10-5-11(2)7-12(6-10)8-15-18-14-3-4-20-9-13(14)16(17)19-15/h5-7H,3-4,8-9H2,1-2H3,(H2,17,18,19). The number of rotatable bonds is 2. The first-order valence-corrected chi connectivity index (χ1v) is 6.91. The largest absolute Gasteiger partial charge is 0.383 e. The Bertz CT molecular complexity index is 632. The van der Waals surface area contributed by atoms with E-state index in [1.165, 1.54) is 16.7 Å². The Hall–Kier alpha value is -1.94. The second-order valence-corrected chi connectivity index (χ2v) is 5.43. The second-order valence-electron chi connectivity index (χ2n) is 5.43. The molecular weight excluding hydrogens is 250 g/mol. The van der Waals surface area contributed by atoms with Crippen molar-refractivity contribution >= 4 is 5.82 Å². The lowest BCUT2D eigenvalue weighted by Gasteiger charge is -2.17. The zero-order valence-corrected chi connectivity index (χ0v) is 11.9. The smallest absolute Gasteiger partial charge is 0.135 e. The molecule has 2 aromatic rings. The molecule has 0 saturated carbocycles. The maximum absolute atomic E-state index is 6.02. The molecule has 2 N–H and O–H groups in total. The molecule has 0 aliphatic carbocycles. The Morgan fingerprint density at radius 1 is 1.15 bits per heavy atom. The Morgan fingerprint density at radius 2 is 1.90 bits per heavy atom. The van der Waals surface area contributed by atoms with Gasteiger partial charge in [0.05, 0.1) is 18.9 Å². The van der Waals surface area contributed by atoms with Crippen LogP contribution >= 0.6 is 0 Å². The highest BCUT2D eigenvalue weighted by atomic mass is 16.5. The third-order valence-electron chi connectivity index (χ3n) is 3.54. The summed E-state index contributed by atoms with van der Waals surface area (Å²) in [6.45, 7) is 5.46. The summed E-state index contributed by atoms with van der Waals surface area (Å²) in [6.07, 6.45) is 1.54. The van der Waals surface area contributed by atoms with Crippen LogP contribution in [-0.4, -0.2) is 16.6 Å². The Morgan fingerprint density at radius 3 is 2.65 bits per heavy atom. The fourth-order valence-electron chi connectivity index (χ4n) is 2.74. The molecule has 0 unspecified atom stereocenters. The van der Waals surface area contributed by atoms with Crippen molar-refractivity contribution in [3.05, 3.63) is 52.0 Å². The molecule has 1 aliphatic heterocycles. The predicted octanol–water partition coefficient (Wildman–Crippen LogP) is 2.34. The van der Waals surface area contributed by atoms with Crippen LogP contribution < -0.4 is 5.73 Å². The molecule has 3 rings (SSSR count). The van der Waals surface area contributed by atoms with Gasteiger partial charge in [-0.25, -0.2) is 9.97 Å². The number of fused-ring (bicyclic) bond motifs is 1. The minimum atomic E-state index is 0.533. The van der Waals surface area contributed by atoms with Gasteiger partial charge in [0.25, 0.3) is 0 Å². The van der Waals surface area contributed by atoms with Crippen LogP contribution in [0, 0.1) is 13.8 Å².